The first-order chi connectivity index (χ1) is 12.5. The lowest BCUT2D eigenvalue weighted by Gasteiger charge is -2.05. The highest BCUT2D eigenvalue weighted by atomic mass is 16.5. The number of nitrogens with one attached hydrogen (secondary N) is 1. The van der Waals surface area contributed by atoms with Crippen molar-refractivity contribution in [3.05, 3.63) is 30.0 Å². The summed E-state index contributed by atoms with van der Waals surface area (Å²) in [4.78, 5) is 34.6. The van der Waals surface area contributed by atoms with E-state index < -0.39 is 5.97 Å². The number of carbonyl (C=O) groups is 3. The number of hydrogen-bond acceptors (Lipinski definition) is 4. The number of aliphatic carboxylic acids is 1. The van der Waals surface area contributed by atoms with Gasteiger partial charge in [0.15, 0.2) is 0 Å². The molecule has 1 aromatic heterocycles. The molecule has 0 radical (unpaired) electrons. The van der Waals surface area contributed by atoms with Gasteiger partial charge in [0.05, 0.1) is 12.6 Å². The first-order valence-electron chi connectivity index (χ1n) is 8.66. The molecule has 0 saturated heterocycles. The van der Waals surface area contributed by atoms with Crippen molar-refractivity contribution in [2.45, 2.75) is 39.0 Å². The average Bonchev–Trinajstić information content (AvgIpc) is 2.99. The number of carbonyl (C=O) groups excluding carboxylic acids is 2. The van der Waals surface area contributed by atoms with E-state index in [0.717, 1.165) is 16.5 Å². The topological polar surface area (TPSA) is 97.6 Å². The number of amides is 1. The Labute approximate surface area is 151 Å². The minimum Gasteiger partial charge on any atom is -0.497 e. The lowest BCUT2D eigenvalue weighted by Crippen LogP contribution is -2.24. The Morgan fingerprint density at radius 3 is 2.65 bits per heavy atom. The van der Waals surface area contributed by atoms with Crippen LogP contribution >= 0.6 is 0 Å². The van der Waals surface area contributed by atoms with E-state index >= 15 is 0 Å². The second-order valence-electron chi connectivity index (χ2n) is 6.00. The fraction of sp³-hybridized carbons (Fsp3) is 0.421. The van der Waals surface area contributed by atoms with Crippen molar-refractivity contribution in [2.75, 3.05) is 13.7 Å². The highest BCUT2D eigenvalue weighted by Crippen LogP contribution is 2.27. The van der Waals surface area contributed by atoms with Crippen LogP contribution in [0.15, 0.2) is 24.4 Å². The van der Waals surface area contributed by atoms with Crippen molar-refractivity contribution in [1.82, 2.24) is 9.88 Å². The van der Waals surface area contributed by atoms with Gasteiger partial charge in [-0.15, -0.1) is 0 Å². The molecule has 0 saturated carbocycles. The van der Waals surface area contributed by atoms with Crippen LogP contribution in [0.4, 0.5) is 0 Å². The van der Waals surface area contributed by atoms with Gasteiger partial charge in [-0.3, -0.25) is 19.0 Å². The molecule has 2 aromatic rings. The Morgan fingerprint density at radius 2 is 2.00 bits per heavy atom. The van der Waals surface area contributed by atoms with Gasteiger partial charge >= 0.3 is 5.97 Å². The predicted octanol–water partition coefficient (Wildman–Crippen LogP) is 2.61. The third-order valence-electron chi connectivity index (χ3n) is 4.18. The Hall–Kier alpha value is -2.83. The summed E-state index contributed by atoms with van der Waals surface area (Å²) in [6.07, 6.45) is 3.21. The lowest BCUT2D eigenvalue weighted by molar-refractivity contribution is -0.137. The van der Waals surface area contributed by atoms with Crippen molar-refractivity contribution < 1.29 is 24.2 Å². The van der Waals surface area contributed by atoms with Crippen LogP contribution in [0, 0.1) is 0 Å². The number of aromatic nitrogens is 1. The van der Waals surface area contributed by atoms with Gasteiger partial charge in [-0.05, 0) is 36.6 Å². The molecule has 0 bridgehead atoms. The molecule has 7 heteroatoms. The summed E-state index contributed by atoms with van der Waals surface area (Å²) in [5.74, 6) is -0.388. The summed E-state index contributed by atoms with van der Waals surface area (Å²) in [6, 6.07) is 5.47. The molecule has 140 valence electrons. The highest BCUT2D eigenvalue weighted by molar-refractivity contribution is 5.95. The van der Waals surface area contributed by atoms with Crippen molar-refractivity contribution in [3.8, 4) is 5.75 Å². The van der Waals surface area contributed by atoms with E-state index in [1.54, 1.807) is 30.9 Å². The van der Waals surface area contributed by atoms with Gasteiger partial charge in [0.25, 0.3) is 0 Å². The summed E-state index contributed by atoms with van der Waals surface area (Å²) in [7, 11) is 1.58. The molecule has 0 aliphatic heterocycles. The zero-order valence-corrected chi connectivity index (χ0v) is 15.1. The van der Waals surface area contributed by atoms with Crippen LogP contribution in [0.1, 0.15) is 43.0 Å². The summed E-state index contributed by atoms with van der Waals surface area (Å²) in [6.45, 7) is 2.28. The third-order valence-corrected chi connectivity index (χ3v) is 4.18. The minimum atomic E-state index is -0.910. The third kappa shape index (κ3) is 4.84. The molecule has 1 heterocycles. The molecule has 0 atom stereocenters. The number of nitrogens with zero attached hydrogens (tertiary/aromatic N) is 1. The number of carboxylic acid groups (broad SMARTS) is 1. The summed E-state index contributed by atoms with van der Waals surface area (Å²) >= 11 is 0. The molecule has 0 spiro atoms. The van der Waals surface area contributed by atoms with Crippen LogP contribution in [0.2, 0.25) is 0 Å². The van der Waals surface area contributed by atoms with E-state index in [1.165, 1.54) is 0 Å². The highest BCUT2D eigenvalue weighted by Gasteiger charge is 2.15. The van der Waals surface area contributed by atoms with Crippen LogP contribution in [0.5, 0.6) is 5.75 Å². The summed E-state index contributed by atoms with van der Waals surface area (Å²) < 4.78 is 6.83. The fourth-order valence-electron chi connectivity index (χ4n) is 2.78. The fourth-order valence-corrected chi connectivity index (χ4v) is 2.78. The lowest BCUT2D eigenvalue weighted by atomic mass is 10.1. The molecule has 0 aliphatic rings. The maximum Gasteiger partial charge on any atom is 0.303 e. The van der Waals surface area contributed by atoms with Gasteiger partial charge in [-0.25, -0.2) is 0 Å². The molecule has 0 unspecified atom stereocenters. The van der Waals surface area contributed by atoms with E-state index in [1.807, 2.05) is 12.1 Å². The normalized spacial score (nSPS) is 10.7. The van der Waals surface area contributed by atoms with Crippen molar-refractivity contribution in [1.29, 1.82) is 0 Å². The Balaban J connectivity index is 2.24. The van der Waals surface area contributed by atoms with Crippen LogP contribution in [0.25, 0.3) is 10.9 Å². The van der Waals surface area contributed by atoms with Crippen LogP contribution in [0.3, 0.4) is 0 Å². The van der Waals surface area contributed by atoms with Crippen molar-refractivity contribution in [2.24, 2.45) is 0 Å². The Kier molecular flexibility index (Phi) is 6.77. The first kappa shape index (κ1) is 19.5. The predicted molar refractivity (Wildman–Crippen MR) is 97.6 cm³/mol. The Morgan fingerprint density at radius 1 is 1.23 bits per heavy atom. The summed E-state index contributed by atoms with van der Waals surface area (Å²) in [5.41, 5.74) is 1.69. The molecule has 0 aliphatic carbocycles. The second-order valence-corrected chi connectivity index (χ2v) is 6.00. The SMILES string of the molecule is CCC(=O)NCCc1cn(C(=O)CCCC(=O)O)c2ccc(OC)cc12. The standard InChI is InChI=1S/C19H24N2O5/c1-3-17(22)20-10-9-13-12-21(18(23)5-4-6-19(24)25)16-8-7-14(26-2)11-15(13)16/h7-8,11-12H,3-6,9-10H2,1-2H3,(H,20,22)(H,24,25). The molecule has 1 amide bonds. The molecule has 2 rings (SSSR count). The first-order valence-corrected chi connectivity index (χ1v) is 8.66. The summed E-state index contributed by atoms with van der Waals surface area (Å²) in [5, 5.41) is 12.4. The van der Waals surface area contributed by atoms with Crippen molar-refractivity contribution >= 4 is 28.7 Å². The van der Waals surface area contributed by atoms with Crippen LogP contribution < -0.4 is 10.1 Å². The van der Waals surface area contributed by atoms with Gasteiger partial charge in [-0.2, -0.15) is 0 Å². The molecular formula is C19H24N2O5. The monoisotopic (exact) mass is 360 g/mol. The smallest absolute Gasteiger partial charge is 0.303 e. The molecule has 7 nitrogen and oxygen atoms in total. The Bertz CT molecular complexity index is 810. The maximum absolute atomic E-state index is 12.5. The van der Waals surface area contributed by atoms with Gasteiger partial charge in [0, 0.05) is 37.4 Å². The van der Waals surface area contributed by atoms with Gasteiger partial charge in [-0.1, -0.05) is 6.92 Å². The van der Waals surface area contributed by atoms with E-state index in [9.17, 15) is 14.4 Å². The molecule has 26 heavy (non-hydrogen) atoms. The molecular weight excluding hydrogens is 336 g/mol. The minimum absolute atomic E-state index is 0.0175. The molecule has 2 N–H and O–H groups in total. The maximum atomic E-state index is 12.5. The van der Waals surface area contributed by atoms with E-state index in [4.69, 9.17) is 9.84 Å². The number of ether oxygens (including phenoxy) is 1. The van der Waals surface area contributed by atoms with Crippen molar-refractivity contribution in [3.63, 3.8) is 0 Å². The second kappa shape index (κ2) is 9.03. The number of methoxy groups -OCH3 is 1. The number of hydrogen-bond donors (Lipinski definition) is 2. The number of benzene rings is 1. The van der Waals surface area contributed by atoms with Gasteiger partial charge in [0.2, 0.25) is 11.8 Å². The zero-order chi connectivity index (χ0) is 19.1. The zero-order valence-electron chi connectivity index (χ0n) is 15.1. The van der Waals surface area contributed by atoms with E-state index in [0.29, 0.717) is 31.6 Å². The average molecular weight is 360 g/mol. The van der Waals surface area contributed by atoms with Gasteiger partial charge in [0.1, 0.15) is 5.75 Å². The van der Waals surface area contributed by atoms with E-state index in [2.05, 4.69) is 5.32 Å². The van der Waals surface area contributed by atoms with Crippen LogP contribution in [-0.4, -0.2) is 41.1 Å². The van der Waals surface area contributed by atoms with Gasteiger partial charge < -0.3 is 15.2 Å². The molecule has 1 aromatic carbocycles. The number of fused-ring (bicyclic) bond motifs is 1. The quantitative estimate of drug-likeness (QED) is 0.716. The molecule has 0 fully saturated rings. The van der Waals surface area contributed by atoms with E-state index in [-0.39, 0.29) is 24.7 Å². The number of carboxylic acids is 1. The largest absolute Gasteiger partial charge is 0.497 e. The van der Waals surface area contributed by atoms with Crippen LogP contribution in [-0.2, 0) is 16.0 Å². The number of rotatable bonds is 9.